The zero-order valence-electron chi connectivity index (χ0n) is 26.0. The van der Waals surface area contributed by atoms with Gasteiger partial charge in [0, 0.05) is 29.6 Å². The van der Waals surface area contributed by atoms with E-state index in [9.17, 15) is 24.9 Å². The first kappa shape index (κ1) is 30.6. The van der Waals surface area contributed by atoms with E-state index in [0.29, 0.717) is 19.3 Å². The van der Waals surface area contributed by atoms with E-state index in [-0.39, 0.29) is 64.7 Å². The van der Waals surface area contributed by atoms with Gasteiger partial charge in [0.1, 0.15) is 0 Å². The van der Waals surface area contributed by atoms with Gasteiger partial charge in [-0.2, -0.15) is 0 Å². The molecule has 43 heavy (non-hydrogen) atoms. The number of carbonyl (C=O) groups is 2. The molecule has 1 heterocycles. The SMILES string of the molecule is C[C@H](CCC(=O)O)[C@H]1CC[C@H]2[C@@H]3[C@H](O)C[C@@H]4C[C@@H](NC(=O)[C@@H](N)Cc5c[nH]c6ccccc56)CC[C@]4(C)[C@H]3C[C@H](O)[C@]12C. The van der Waals surface area contributed by atoms with Gasteiger partial charge in [-0.3, -0.25) is 9.59 Å². The quantitative estimate of drug-likeness (QED) is 0.263. The van der Waals surface area contributed by atoms with Gasteiger partial charge >= 0.3 is 5.97 Å². The fourth-order valence-corrected chi connectivity index (χ4v) is 10.8. The highest BCUT2D eigenvalue weighted by molar-refractivity contribution is 5.86. The summed E-state index contributed by atoms with van der Waals surface area (Å²) >= 11 is 0. The van der Waals surface area contributed by atoms with E-state index in [1.165, 1.54) is 0 Å². The molecule has 1 aromatic heterocycles. The van der Waals surface area contributed by atoms with E-state index in [1.54, 1.807) is 0 Å². The number of carbonyl (C=O) groups excluding carboxylic acids is 1. The molecule has 7 N–H and O–H groups in total. The van der Waals surface area contributed by atoms with E-state index < -0.39 is 24.2 Å². The Morgan fingerprint density at radius 1 is 1.09 bits per heavy atom. The third-order valence-corrected chi connectivity index (χ3v) is 13.2. The average Bonchev–Trinajstić information content (AvgIpc) is 3.54. The van der Waals surface area contributed by atoms with Crippen LogP contribution in [0.4, 0.5) is 0 Å². The Hall–Kier alpha value is -2.42. The molecule has 0 saturated heterocycles. The van der Waals surface area contributed by atoms with Crippen molar-refractivity contribution in [2.24, 2.45) is 52.1 Å². The minimum absolute atomic E-state index is 0.00655. The van der Waals surface area contributed by atoms with Crippen molar-refractivity contribution in [3.8, 4) is 0 Å². The number of hydrogen-bond acceptors (Lipinski definition) is 5. The van der Waals surface area contributed by atoms with Crippen molar-refractivity contribution in [1.82, 2.24) is 10.3 Å². The van der Waals surface area contributed by atoms with Gasteiger partial charge in [-0.05, 0) is 116 Å². The summed E-state index contributed by atoms with van der Waals surface area (Å²) in [4.78, 5) is 27.7. The van der Waals surface area contributed by atoms with E-state index in [2.05, 4.69) is 31.1 Å². The van der Waals surface area contributed by atoms with Gasteiger partial charge in [-0.1, -0.05) is 39.0 Å². The number of nitrogens with two attached hydrogens (primary N) is 1. The molecule has 0 spiro atoms. The molecule has 1 amide bonds. The smallest absolute Gasteiger partial charge is 0.303 e. The van der Waals surface area contributed by atoms with Gasteiger partial charge in [-0.15, -0.1) is 0 Å². The molecule has 1 aromatic carbocycles. The Morgan fingerprint density at radius 2 is 1.86 bits per heavy atom. The molecule has 4 saturated carbocycles. The summed E-state index contributed by atoms with van der Waals surface area (Å²) in [5.74, 6) is 0.520. The number of aromatic amines is 1. The number of amides is 1. The maximum atomic E-state index is 13.2. The molecule has 2 aromatic rings. The first-order valence-electron chi connectivity index (χ1n) is 16.6. The van der Waals surface area contributed by atoms with Gasteiger partial charge in [0.25, 0.3) is 0 Å². The van der Waals surface area contributed by atoms with Crippen LogP contribution in [0.2, 0.25) is 0 Å². The number of aliphatic hydroxyl groups excluding tert-OH is 2. The molecule has 0 bridgehead atoms. The lowest BCUT2D eigenvalue weighted by Crippen LogP contribution is -2.63. The molecule has 8 heteroatoms. The molecule has 8 nitrogen and oxygen atoms in total. The number of rotatable bonds is 8. The molecule has 4 fully saturated rings. The Kier molecular flexibility index (Phi) is 8.18. The Morgan fingerprint density at radius 3 is 2.63 bits per heavy atom. The molecule has 12 atom stereocenters. The summed E-state index contributed by atoms with van der Waals surface area (Å²) in [6, 6.07) is 7.45. The van der Waals surface area contributed by atoms with Crippen LogP contribution in [-0.4, -0.2) is 56.5 Å². The molecule has 236 valence electrons. The van der Waals surface area contributed by atoms with Crippen molar-refractivity contribution in [2.45, 2.75) is 109 Å². The van der Waals surface area contributed by atoms with E-state index in [4.69, 9.17) is 5.73 Å². The Balaban J connectivity index is 1.12. The second-order valence-electron chi connectivity index (χ2n) is 15.2. The second-order valence-corrected chi connectivity index (χ2v) is 15.2. The van der Waals surface area contributed by atoms with Crippen molar-refractivity contribution >= 4 is 22.8 Å². The lowest BCUT2D eigenvalue weighted by molar-refractivity contribution is -0.202. The van der Waals surface area contributed by atoms with Crippen molar-refractivity contribution in [3.05, 3.63) is 36.0 Å². The summed E-state index contributed by atoms with van der Waals surface area (Å²) in [6.07, 6.45) is 8.39. The maximum Gasteiger partial charge on any atom is 0.303 e. The van der Waals surface area contributed by atoms with Crippen molar-refractivity contribution in [2.75, 3.05) is 0 Å². The normalized spacial score (nSPS) is 40.2. The number of H-pyrrole nitrogens is 1. The van der Waals surface area contributed by atoms with Gasteiger partial charge in [0.05, 0.1) is 18.2 Å². The van der Waals surface area contributed by atoms with Crippen LogP contribution in [0.15, 0.2) is 30.5 Å². The molecular weight excluding hydrogens is 542 g/mol. The van der Waals surface area contributed by atoms with Crippen LogP contribution < -0.4 is 11.1 Å². The molecule has 0 aliphatic heterocycles. The first-order chi connectivity index (χ1) is 20.4. The third-order valence-electron chi connectivity index (χ3n) is 13.2. The summed E-state index contributed by atoms with van der Waals surface area (Å²) in [5.41, 5.74) is 8.20. The number of fused-ring (bicyclic) bond motifs is 6. The molecular formula is C35H51N3O5. The lowest BCUT2D eigenvalue weighted by Gasteiger charge is -2.63. The molecule has 6 rings (SSSR count). The van der Waals surface area contributed by atoms with Gasteiger partial charge in [0.2, 0.25) is 5.91 Å². The highest BCUT2D eigenvalue weighted by atomic mass is 16.4. The van der Waals surface area contributed by atoms with Crippen molar-refractivity contribution in [3.63, 3.8) is 0 Å². The van der Waals surface area contributed by atoms with E-state index >= 15 is 0 Å². The number of nitrogens with one attached hydrogen (secondary N) is 2. The summed E-state index contributed by atoms with van der Waals surface area (Å²) in [6.45, 7) is 6.75. The number of aliphatic carboxylic acids is 1. The number of aliphatic hydroxyl groups is 2. The fraction of sp³-hybridized carbons (Fsp3) is 0.714. The topological polar surface area (TPSA) is 149 Å². The van der Waals surface area contributed by atoms with Crippen LogP contribution in [0.1, 0.15) is 84.1 Å². The zero-order valence-corrected chi connectivity index (χ0v) is 26.0. The maximum absolute atomic E-state index is 13.2. The van der Waals surface area contributed by atoms with E-state index in [1.807, 2.05) is 30.5 Å². The van der Waals surface area contributed by atoms with Crippen LogP contribution in [0.5, 0.6) is 0 Å². The summed E-state index contributed by atoms with van der Waals surface area (Å²) in [7, 11) is 0. The highest BCUT2D eigenvalue weighted by Gasteiger charge is 2.65. The minimum Gasteiger partial charge on any atom is -0.481 e. The summed E-state index contributed by atoms with van der Waals surface area (Å²) < 4.78 is 0. The second kappa shape index (κ2) is 11.5. The lowest BCUT2D eigenvalue weighted by atomic mass is 9.43. The molecule has 4 aliphatic rings. The Labute approximate surface area is 255 Å². The monoisotopic (exact) mass is 593 g/mol. The number of para-hydroxylation sites is 1. The third kappa shape index (κ3) is 5.21. The van der Waals surface area contributed by atoms with Crippen LogP contribution in [0.25, 0.3) is 10.9 Å². The van der Waals surface area contributed by atoms with Gasteiger partial charge in [-0.25, -0.2) is 0 Å². The van der Waals surface area contributed by atoms with Crippen LogP contribution in [-0.2, 0) is 16.0 Å². The number of aromatic nitrogens is 1. The standard InChI is InChI=1S/C35H51N3O5/c1-19(8-11-31(41)42)24-9-10-25-32-26(17-30(40)35(24,25)3)34(2)13-12-22(15-21(34)16-29(32)39)38-33(43)27(36)14-20-18-37-28-7-5-4-6-23(20)28/h4-7,18-19,21-22,24-27,29-30,32,37,39-40H,8-17,36H2,1-3H3,(H,38,43)(H,41,42)/t19-,21+,22+,24-,25+,26+,27+,29-,30+,32+,34+,35-/m1/s1. The van der Waals surface area contributed by atoms with Crippen LogP contribution in [0, 0.1) is 46.3 Å². The van der Waals surface area contributed by atoms with E-state index in [0.717, 1.165) is 55.0 Å². The highest BCUT2D eigenvalue weighted by Crippen LogP contribution is 2.68. The first-order valence-corrected chi connectivity index (χ1v) is 16.6. The zero-order chi connectivity index (χ0) is 30.7. The minimum atomic E-state index is -0.763. The molecule has 4 aliphatic carbocycles. The van der Waals surface area contributed by atoms with Crippen LogP contribution >= 0.6 is 0 Å². The number of carboxylic acid groups (broad SMARTS) is 1. The van der Waals surface area contributed by atoms with Crippen molar-refractivity contribution < 1.29 is 24.9 Å². The number of benzene rings is 1. The molecule has 0 radical (unpaired) electrons. The predicted octanol–water partition coefficient (Wildman–Crippen LogP) is 4.62. The Bertz CT molecular complexity index is 1340. The summed E-state index contributed by atoms with van der Waals surface area (Å²) in [5, 5.41) is 37.1. The number of carboxylic acids is 1. The fourth-order valence-electron chi connectivity index (χ4n) is 10.8. The predicted molar refractivity (Wildman–Crippen MR) is 166 cm³/mol. The van der Waals surface area contributed by atoms with Crippen LogP contribution in [0.3, 0.4) is 0 Å². The largest absolute Gasteiger partial charge is 0.481 e. The van der Waals surface area contributed by atoms with Gasteiger partial charge < -0.3 is 31.4 Å². The van der Waals surface area contributed by atoms with Gasteiger partial charge in [0.15, 0.2) is 0 Å². The number of hydrogen-bond donors (Lipinski definition) is 6. The van der Waals surface area contributed by atoms with Crippen molar-refractivity contribution in [1.29, 1.82) is 0 Å². The molecule has 0 unspecified atom stereocenters. The average molecular weight is 594 g/mol.